The van der Waals surface area contributed by atoms with Crippen molar-refractivity contribution in [1.82, 2.24) is 4.90 Å². The number of ether oxygens (including phenoxy) is 1. The molecule has 0 aliphatic heterocycles. The highest BCUT2D eigenvalue weighted by Gasteiger charge is 2.11. The molecule has 0 unspecified atom stereocenters. The summed E-state index contributed by atoms with van der Waals surface area (Å²) in [4.78, 5) is 2.40. The van der Waals surface area contributed by atoms with Gasteiger partial charge in [0.15, 0.2) is 0 Å². The summed E-state index contributed by atoms with van der Waals surface area (Å²) in [6.45, 7) is 5.96. The SMILES string of the molecule is CCC(CC)N(C)Cc1ccc(OC)c(CN)c1. The van der Waals surface area contributed by atoms with Gasteiger partial charge < -0.3 is 10.5 Å². The van der Waals surface area contributed by atoms with Crippen molar-refractivity contribution < 1.29 is 4.74 Å². The number of methoxy groups -OCH3 is 1. The van der Waals surface area contributed by atoms with Crippen LogP contribution in [0.5, 0.6) is 5.75 Å². The van der Waals surface area contributed by atoms with E-state index in [0.717, 1.165) is 17.9 Å². The van der Waals surface area contributed by atoms with Crippen LogP contribution in [-0.2, 0) is 13.1 Å². The van der Waals surface area contributed by atoms with Crippen molar-refractivity contribution in [3.05, 3.63) is 29.3 Å². The van der Waals surface area contributed by atoms with Gasteiger partial charge in [-0.25, -0.2) is 0 Å². The fourth-order valence-electron chi connectivity index (χ4n) is 2.42. The second kappa shape index (κ2) is 7.39. The molecule has 0 bridgehead atoms. The smallest absolute Gasteiger partial charge is 0.123 e. The van der Waals surface area contributed by atoms with Crippen molar-refractivity contribution in [3.8, 4) is 5.75 Å². The largest absolute Gasteiger partial charge is 0.496 e. The van der Waals surface area contributed by atoms with Gasteiger partial charge in [-0.05, 0) is 37.6 Å². The summed E-state index contributed by atoms with van der Waals surface area (Å²) in [5.41, 5.74) is 8.12. The maximum atomic E-state index is 5.74. The van der Waals surface area contributed by atoms with Gasteiger partial charge in [-0.2, -0.15) is 0 Å². The Balaban J connectivity index is 2.78. The van der Waals surface area contributed by atoms with E-state index in [0.29, 0.717) is 12.6 Å². The van der Waals surface area contributed by atoms with Gasteiger partial charge in [0.05, 0.1) is 7.11 Å². The number of hydrogen-bond donors (Lipinski definition) is 1. The van der Waals surface area contributed by atoms with Crippen LogP contribution in [0.2, 0.25) is 0 Å². The van der Waals surface area contributed by atoms with Gasteiger partial charge in [0.2, 0.25) is 0 Å². The molecule has 0 saturated carbocycles. The maximum absolute atomic E-state index is 5.74. The maximum Gasteiger partial charge on any atom is 0.123 e. The van der Waals surface area contributed by atoms with Crippen LogP contribution in [0.4, 0.5) is 0 Å². The molecule has 0 spiro atoms. The van der Waals surface area contributed by atoms with Crippen molar-refractivity contribution >= 4 is 0 Å². The fourth-order valence-corrected chi connectivity index (χ4v) is 2.42. The van der Waals surface area contributed by atoms with E-state index in [-0.39, 0.29) is 0 Å². The zero-order valence-electron chi connectivity index (χ0n) is 12.1. The van der Waals surface area contributed by atoms with E-state index in [1.54, 1.807) is 7.11 Å². The molecule has 3 heteroatoms. The molecule has 0 saturated heterocycles. The average Bonchev–Trinajstić information content (AvgIpc) is 2.40. The second-order valence-corrected chi connectivity index (χ2v) is 4.74. The van der Waals surface area contributed by atoms with E-state index in [1.807, 2.05) is 6.07 Å². The first-order valence-electron chi connectivity index (χ1n) is 6.72. The lowest BCUT2D eigenvalue weighted by molar-refractivity contribution is 0.221. The molecule has 18 heavy (non-hydrogen) atoms. The van der Waals surface area contributed by atoms with E-state index in [1.165, 1.54) is 18.4 Å². The van der Waals surface area contributed by atoms with Gasteiger partial charge in [0, 0.05) is 24.7 Å². The lowest BCUT2D eigenvalue weighted by atomic mass is 10.1. The molecule has 3 nitrogen and oxygen atoms in total. The molecule has 0 atom stereocenters. The molecule has 1 aromatic carbocycles. The third-order valence-electron chi connectivity index (χ3n) is 3.56. The molecule has 0 heterocycles. The van der Waals surface area contributed by atoms with Crippen LogP contribution < -0.4 is 10.5 Å². The topological polar surface area (TPSA) is 38.5 Å². The summed E-state index contributed by atoms with van der Waals surface area (Å²) in [7, 11) is 3.87. The van der Waals surface area contributed by atoms with Crippen LogP contribution in [0, 0.1) is 0 Å². The Kier molecular flexibility index (Phi) is 6.16. The number of nitrogens with two attached hydrogens (primary N) is 1. The van der Waals surface area contributed by atoms with Crippen molar-refractivity contribution in [2.24, 2.45) is 5.73 Å². The average molecular weight is 250 g/mol. The Bertz CT molecular complexity index is 362. The van der Waals surface area contributed by atoms with Crippen molar-refractivity contribution in [2.75, 3.05) is 14.2 Å². The van der Waals surface area contributed by atoms with E-state index >= 15 is 0 Å². The fraction of sp³-hybridized carbons (Fsp3) is 0.600. The highest BCUT2D eigenvalue weighted by molar-refractivity contribution is 5.37. The monoisotopic (exact) mass is 250 g/mol. The summed E-state index contributed by atoms with van der Waals surface area (Å²) < 4.78 is 5.29. The van der Waals surface area contributed by atoms with Gasteiger partial charge in [0.25, 0.3) is 0 Å². The minimum absolute atomic E-state index is 0.520. The molecule has 0 aliphatic carbocycles. The quantitative estimate of drug-likeness (QED) is 0.808. The van der Waals surface area contributed by atoms with E-state index < -0.39 is 0 Å². The Labute approximate surface area is 111 Å². The van der Waals surface area contributed by atoms with E-state index in [4.69, 9.17) is 10.5 Å². The van der Waals surface area contributed by atoms with Crippen LogP contribution in [0.1, 0.15) is 37.8 Å². The molecular formula is C15H26N2O. The predicted molar refractivity (Wildman–Crippen MR) is 76.7 cm³/mol. The van der Waals surface area contributed by atoms with E-state index in [9.17, 15) is 0 Å². The summed E-state index contributed by atoms with van der Waals surface area (Å²) in [5.74, 6) is 0.881. The Hall–Kier alpha value is -1.06. The van der Waals surface area contributed by atoms with Crippen LogP contribution in [0.3, 0.4) is 0 Å². The summed E-state index contributed by atoms with van der Waals surface area (Å²) >= 11 is 0. The lowest BCUT2D eigenvalue weighted by Gasteiger charge is -2.26. The van der Waals surface area contributed by atoms with E-state index in [2.05, 4.69) is 37.9 Å². The molecule has 0 radical (unpaired) electrons. The minimum atomic E-state index is 0.520. The third-order valence-corrected chi connectivity index (χ3v) is 3.56. The van der Waals surface area contributed by atoms with Crippen molar-refractivity contribution in [3.63, 3.8) is 0 Å². The van der Waals surface area contributed by atoms with Crippen LogP contribution in [0.25, 0.3) is 0 Å². The summed E-state index contributed by atoms with van der Waals surface area (Å²) in [6.07, 6.45) is 2.37. The number of benzene rings is 1. The number of hydrogen-bond acceptors (Lipinski definition) is 3. The van der Waals surface area contributed by atoms with Crippen LogP contribution >= 0.6 is 0 Å². The second-order valence-electron chi connectivity index (χ2n) is 4.74. The zero-order chi connectivity index (χ0) is 13.5. The van der Waals surface area contributed by atoms with Crippen molar-refractivity contribution in [2.45, 2.75) is 45.8 Å². The molecule has 102 valence electrons. The zero-order valence-corrected chi connectivity index (χ0v) is 12.1. The molecule has 1 aromatic rings. The number of rotatable bonds is 7. The van der Waals surface area contributed by atoms with Gasteiger partial charge in [0.1, 0.15) is 5.75 Å². The first kappa shape index (κ1) is 15.0. The molecule has 0 fully saturated rings. The standard InChI is InChI=1S/C15H26N2O/c1-5-14(6-2)17(3)11-12-7-8-15(18-4)13(9-12)10-16/h7-9,14H,5-6,10-11,16H2,1-4H3. The first-order valence-corrected chi connectivity index (χ1v) is 6.72. The highest BCUT2D eigenvalue weighted by atomic mass is 16.5. The molecule has 0 amide bonds. The highest BCUT2D eigenvalue weighted by Crippen LogP contribution is 2.21. The van der Waals surface area contributed by atoms with Gasteiger partial charge in [-0.3, -0.25) is 4.90 Å². The third kappa shape index (κ3) is 3.72. The Morgan fingerprint density at radius 1 is 1.28 bits per heavy atom. The van der Waals surface area contributed by atoms with Gasteiger partial charge in [-0.1, -0.05) is 19.9 Å². The first-order chi connectivity index (χ1) is 8.65. The van der Waals surface area contributed by atoms with Crippen molar-refractivity contribution in [1.29, 1.82) is 0 Å². The molecule has 0 aromatic heterocycles. The summed E-state index contributed by atoms with van der Waals surface area (Å²) in [5, 5.41) is 0. The Morgan fingerprint density at radius 2 is 1.94 bits per heavy atom. The minimum Gasteiger partial charge on any atom is -0.496 e. The molecule has 2 N–H and O–H groups in total. The van der Waals surface area contributed by atoms with Gasteiger partial charge >= 0.3 is 0 Å². The number of nitrogens with zero attached hydrogens (tertiary/aromatic N) is 1. The van der Waals surface area contributed by atoms with Crippen LogP contribution in [0.15, 0.2) is 18.2 Å². The Morgan fingerprint density at radius 3 is 2.44 bits per heavy atom. The normalized spacial score (nSPS) is 11.3. The summed E-state index contributed by atoms with van der Waals surface area (Å²) in [6, 6.07) is 6.93. The van der Waals surface area contributed by atoms with Gasteiger partial charge in [-0.15, -0.1) is 0 Å². The molecule has 1 rings (SSSR count). The molecule has 0 aliphatic rings. The molecular weight excluding hydrogens is 224 g/mol. The predicted octanol–water partition coefficient (Wildman–Crippen LogP) is 2.77. The van der Waals surface area contributed by atoms with Crippen LogP contribution in [-0.4, -0.2) is 25.1 Å². The lowest BCUT2D eigenvalue weighted by Crippen LogP contribution is -2.30.